The topological polar surface area (TPSA) is 75.3 Å². The minimum absolute atomic E-state index is 0.346. The number of hydrogen-bond donors (Lipinski definition) is 2. The summed E-state index contributed by atoms with van der Waals surface area (Å²) in [5.74, 6) is 0.775. The van der Waals surface area contributed by atoms with Crippen LogP contribution < -0.4 is 5.32 Å². The summed E-state index contributed by atoms with van der Waals surface area (Å²) < 4.78 is 1.72. The van der Waals surface area contributed by atoms with Gasteiger partial charge in [0.25, 0.3) is 0 Å². The first-order valence-corrected chi connectivity index (χ1v) is 8.03. The highest BCUT2D eigenvalue weighted by atomic mass is 16.3. The molecule has 25 heavy (non-hydrogen) atoms. The van der Waals surface area contributed by atoms with Crippen molar-refractivity contribution >= 4 is 11.5 Å². The maximum Gasteiger partial charge on any atom is 0.157 e. The van der Waals surface area contributed by atoms with Crippen molar-refractivity contribution < 1.29 is 5.11 Å². The summed E-state index contributed by atoms with van der Waals surface area (Å²) in [5.41, 5.74) is 3.40. The smallest absolute Gasteiger partial charge is 0.157 e. The van der Waals surface area contributed by atoms with Gasteiger partial charge < -0.3 is 10.4 Å². The van der Waals surface area contributed by atoms with Crippen LogP contribution in [0.25, 0.3) is 16.9 Å². The van der Waals surface area contributed by atoms with E-state index in [-0.39, 0.29) is 0 Å². The van der Waals surface area contributed by atoms with Crippen molar-refractivity contribution in [3.8, 4) is 11.3 Å². The molecule has 0 aliphatic heterocycles. The Morgan fingerprint density at radius 1 is 1.04 bits per heavy atom. The number of benzene rings is 1. The van der Waals surface area contributed by atoms with Gasteiger partial charge in [0.05, 0.1) is 18.0 Å². The molecule has 6 nitrogen and oxygen atoms in total. The van der Waals surface area contributed by atoms with E-state index >= 15 is 0 Å². The van der Waals surface area contributed by atoms with E-state index in [9.17, 15) is 5.11 Å². The zero-order chi connectivity index (χ0) is 17.1. The van der Waals surface area contributed by atoms with Gasteiger partial charge in [0.15, 0.2) is 5.65 Å². The molecule has 0 spiro atoms. The van der Waals surface area contributed by atoms with Crippen molar-refractivity contribution in [1.29, 1.82) is 0 Å². The molecule has 0 bridgehead atoms. The van der Waals surface area contributed by atoms with Gasteiger partial charge in [0.1, 0.15) is 5.82 Å². The first kappa shape index (κ1) is 15.3. The normalized spacial score (nSPS) is 12.2. The Bertz CT molecular complexity index is 969. The van der Waals surface area contributed by atoms with Gasteiger partial charge in [-0.05, 0) is 6.07 Å². The molecule has 0 saturated heterocycles. The van der Waals surface area contributed by atoms with E-state index in [1.807, 2.05) is 54.6 Å². The largest absolute Gasteiger partial charge is 0.387 e. The lowest BCUT2D eigenvalue weighted by atomic mass is 10.1. The van der Waals surface area contributed by atoms with Gasteiger partial charge in [-0.15, -0.1) is 0 Å². The van der Waals surface area contributed by atoms with Gasteiger partial charge in [0.2, 0.25) is 0 Å². The molecule has 124 valence electrons. The van der Waals surface area contributed by atoms with Crippen LogP contribution in [0.1, 0.15) is 11.7 Å². The second-order valence-corrected chi connectivity index (χ2v) is 5.68. The van der Waals surface area contributed by atoms with Crippen LogP contribution in [-0.2, 0) is 0 Å². The molecular weight excluding hydrogens is 314 g/mol. The number of nitrogens with one attached hydrogen (secondary N) is 1. The Balaban J connectivity index is 1.63. The first-order chi connectivity index (χ1) is 12.3. The molecule has 1 aromatic carbocycles. The summed E-state index contributed by atoms with van der Waals surface area (Å²) in [5, 5.41) is 17.9. The minimum atomic E-state index is -0.660. The minimum Gasteiger partial charge on any atom is -0.387 e. The second kappa shape index (κ2) is 6.70. The molecule has 0 radical (unpaired) electrons. The highest BCUT2D eigenvalue weighted by molar-refractivity contribution is 5.66. The molecule has 1 atom stereocenters. The SMILES string of the molecule is OC(CNc1cc(-c2ccccc2)nc2ccnn12)c1cccnc1. The molecule has 0 aliphatic rings. The fraction of sp³-hybridized carbons (Fsp3) is 0.105. The molecule has 4 rings (SSSR count). The van der Waals surface area contributed by atoms with E-state index in [1.165, 1.54) is 0 Å². The van der Waals surface area contributed by atoms with Crippen LogP contribution in [0.15, 0.2) is 73.2 Å². The second-order valence-electron chi connectivity index (χ2n) is 5.68. The maximum absolute atomic E-state index is 10.3. The molecule has 2 N–H and O–H groups in total. The van der Waals surface area contributed by atoms with E-state index in [0.29, 0.717) is 6.54 Å². The van der Waals surface area contributed by atoms with Crippen LogP contribution in [0.3, 0.4) is 0 Å². The van der Waals surface area contributed by atoms with Crippen LogP contribution in [0.5, 0.6) is 0 Å². The van der Waals surface area contributed by atoms with Crippen LogP contribution in [0.4, 0.5) is 5.82 Å². The summed E-state index contributed by atoms with van der Waals surface area (Å²) in [6, 6.07) is 17.4. The molecule has 3 heterocycles. The van der Waals surface area contributed by atoms with Crippen molar-refractivity contribution in [3.05, 3.63) is 78.8 Å². The van der Waals surface area contributed by atoms with E-state index in [0.717, 1.165) is 28.3 Å². The Labute approximate surface area is 144 Å². The van der Waals surface area contributed by atoms with Crippen molar-refractivity contribution in [3.63, 3.8) is 0 Å². The molecule has 4 aromatic rings. The van der Waals surface area contributed by atoms with Crippen LogP contribution in [0, 0.1) is 0 Å². The van der Waals surface area contributed by atoms with Crippen molar-refractivity contribution in [1.82, 2.24) is 19.6 Å². The number of hydrogen-bond acceptors (Lipinski definition) is 5. The van der Waals surface area contributed by atoms with Crippen molar-refractivity contribution in [2.45, 2.75) is 6.10 Å². The monoisotopic (exact) mass is 331 g/mol. The van der Waals surface area contributed by atoms with Gasteiger partial charge in [0, 0.05) is 42.2 Å². The van der Waals surface area contributed by atoms with Crippen LogP contribution >= 0.6 is 0 Å². The number of aromatic nitrogens is 4. The zero-order valence-electron chi connectivity index (χ0n) is 13.4. The standard InChI is InChI=1S/C19H17N5O/c25-17(15-7-4-9-20-12-15)13-21-19-11-16(14-5-2-1-3-6-14)23-18-8-10-22-24(18)19/h1-12,17,21,25H,13H2. The van der Waals surface area contributed by atoms with Crippen LogP contribution in [0.2, 0.25) is 0 Å². The van der Waals surface area contributed by atoms with Gasteiger partial charge in [-0.3, -0.25) is 4.98 Å². The predicted molar refractivity (Wildman–Crippen MR) is 96.1 cm³/mol. The Morgan fingerprint density at radius 2 is 1.92 bits per heavy atom. The van der Waals surface area contributed by atoms with Gasteiger partial charge in [-0.1, -0.05) is 36.4 Å². The summed E-state index contributed by atoms with van der Waals surface area (Å²) in [6.45, 7) is 0.346. The summed E-state index contributed by atoms with van der Waals surface area (Å²) >= 11 is 0. The summed E-state index contributed by atoms with van der Waals surface area (Å²) in [7, 11) is 0. The molecule has 0 amide bonds. The van der Waals surface area contributed by atoms with Gasteiger partial charge in [-0.25, -0.2) is 4.98 Å². The number of fused-ring (bicyclic) bond motifs is 1. The number of rotatable bonds is 5. The lowest BCUT2D eigenvalue weighted by Gasteiger charge is -2.14. The quantitative estimate of drug-likeness (QED) is 0.588. The fourth-order valence-electron chi connectivity index (χ4n) is 2.69. The number of pyridine rings is 1. The maximum atomic E-state index is 10.3. The van der Waals surface area contributed by atoms with E-state index in [2.05, 4.69) is 20.4 Å². The van der Waals surface area contributed by atoms with Crippen molar-refractivity contribution in [2.75, 3.05) is 11.9 Å². The molecular formula is C19H17N5O. The zero-order valence-corrected chi connectivity index (χ0v) is 13.4. The highest BCUT2D eigenvalue weighted by Crippen LogP contribution is 2.22. The third kappa shape index (κ3) is 3.20. The lowest BCUT2D eigenvalue weighted by molar-refractivity contribution is 0.191. The first-order valence-electron chi connectivity index (χ1n) is 8.03. The Hall–Kier alpha value is -3.25. The molecule has 0 aliphatic carbocycles. The van der Waals surface area contributed by atoms with E-state index < -0.39 is 6.10 Å². The Morgan fingerprint density at radius 3 is 2.72 bits per heavy atom. The molecule has 0 fully saturated rings. The fourth-order valence-corrected chi connectivity index (χ4v) is 2.69. The Kier molecular flexibility index (Phi) is 4.10. The van der Waals surface area contributed by atoms with Gasteiger partial charge >= 0.3 is 0 Å². The molecule has 0 saturated carbocycles. The summed E-state index contributed by atoms with van der Waals surface area (Å²) in [4.78, 5) is 8.68. The third-order valence-corrected chi connectivity index (χ3v) is 3.97. The summed E-state index contributed by atoms with van der Waals surface area (Å²) in [6.07, 6.45) is 4.40. The molecule has 1 unspecified atom stereocenters. The average Bonchev–Trinajstić information content (AvgIpc) is 3.16. The van der Waals surface area contributed by atoms with Crippen LogP contribution in [-0.4, -0.2) is 31.2 Å². The average molecular weight is 331 g/mol. The van der Waals surface area contributed by atoms with E-state index in [4.69, 9.17) is 0 Å². The lowest BCUT2D eigenvalue weighted by Crippen LogP contribution is -2.15. The van der Waals surface area contributed by atoms with E-state index in [1.54, 1.807) is 23.1 Å². The molecule has 3 aromatic heterocycles. The third-order valence-electron chi connectivity index (χ3n) is 3.97. The number of anilines is 1. The molecule has 6 heteroatoms. The number of aliphatic hydroxyl groups is 1. The number of aliphatic hydroxyl groups excluding tert-OH is 1. The predicted octanol–water partition coefficient (Wildman–Crippen LogP) is 2.94. The van der Waals surface area contributed by atoms with Gasteiger partial charge in [-0.2, -0.15) is 9.61 Å². The van der Waals surface area contributed by atoms with Crippen molar-refractivity contribution in [2.24, 2.45) is 0 Å². The highest BCUT2D eigenvalue weighted by Gasteiger charge is 2.11. The number of nitrogens with zero attached hydrogens (tertiary/aromatic N) is 4.